The monoisotopic (exact) mass is 534 g/mol. The number of aryl methyl sites for hydroxylation is 1. The average Bonchev–Trinajstić information content (AvgIpc) is 3.24. The molecule has 1 N–H and O–H groups in total. The van der Waals surface area contributed by atoms with Gasteiger partial charge >= 0.3 is 0 Å². The Hall–Kier alpha value is -2.78. The fraction of sp³-hybridized carbons (Fsp3) is 0.125. The highest BCUT2D eigenvalue weighted by Gasteiger charge is 2.23. The second kappa shape index (κ2) is 9.46. The molecule has 1 heterocycles. The number of hydrogen-bond donors (Lipinski definition) is 1. The topological polar surface area (TPSA) is 75.7 Å². The molecule has 0 atom stereocenters. The largest absolute Gasteiger partial charge is 0.496 e. The maximum Gasteiger partial charge on any atom is 0.265 e. The van der Waals surface area contributed by atoms with E-state index in [2.05, 4.69) is 5.32 Å². The number of carbonyl (C=O) groups excluding carboxylic acids is 1. The van der Waals surface area contributed by atoms with Gasteiger partial charge in [-0.3, -0.25) is 9.10 Å². The molecule has 1 amide bonds. The molecule has 10 heteroatoms. The molecule has 0 unspecified atom stereocenters. The van der Waals surface area contributed by atoms with Crippen molar-refractivity contribution in [1.82, 2.24) is 0 Å². The van der Waals surface area contributed by atoms with Crippen molar-refractivity contribution < 1.29 is 17.9 Å². The van der Waals surface area contributed by atoms with Gasteiger partial charge in [0.15, 0.2) is 0 Å². The number of halogens is 2. The van der Waals surface area contributed by atoms with Crippen LogP contribution in [0.3, 0.4) is 0 Å². The van der Waals surface area contributed by atoms with E-state index in [1.54, 1.807) is 61.5 Å². The van der Waals surface area contributed by atoms with Gasteiger partial charge in [-0.1, -0.05) is 23.2 Å². The van der Waals surface area contributed by atoms with Gasteiger partial charge in [-0.2, -0.15) is 0 Å². The highest BCUT2D eigenvalue weighted by atomic mass is 35.5. The van der Waals surface area contributed by atoms with Crippen LogP contribution in [0.2, 0.25) is 10.0 Å². The van der Waals surface area contributed by atoms with Gasteiger partial charge < -0.3 is 10.1 Å². The Kier molecular flexibility index (Phi) is 6.78. The number of anilines is 2. The number of fused-ring (bicyclic) bond motifs is 1. The first-order chi connectivity index (χ1) is 16.1. The molecule has 0 aliphatic heterocycles. The van der Waals surface area contributed by atoms with Gasteiger partial charge in [0.2, 0.25) is 0 Å². The Morgan fingerprint density at radius 3 is 2.47 bits per heavy atom. The van der Waals surface area contributed by atoms with Gasteiger partial charge in [-0.05, 0) is 78.5 Å². The van der Waals surface area contributed by atoms with Gasteiger partial charge in [-0.25, -0.2) is 8.42 Å². The van der Waals surface area contributed by atoms with E-state index in [0.29, 0.717) is 32.0 Å². The minimum absolute atomic E-state index is 0.165. The van der Waals surface area contributed by atoms with Crippen molar-refractivity contribution >= 4 is 71.9 Å². The lowest BCUT2D eigenvalue weighted by atomic mass is 10.2. The highest BCUT2D eigenvalue weighted by molar-refractivity contribution is 7.92. The number of ether oxygens (including phenoxy) is 1. The van der Waals surface area contributed by atoms with E-state index in [0.717, 1.165) is 15.6 Å². The molecule has 0 bridgehead atoms. The van der Waals surface area contributed by atoms with Crippen LogP contribution in [0.1, 0.15) is 15.2 Å². The Morgan fingerprint density at radius 1 is 1.03 bits per heavy atom. The number of methoxy groups -OCH3 is 1. The maximum atomic E-state index is 13.2. The molecule has 34 heavy (non-hydrogen) atoms. The van der Waals surface area contributed by atoms with E-state index in [1.165, 1.54) is 35.9 Å². The number of thiophene rings is 1. The van der Waals surface area contributed by atoms with Crippen LogP contribution >= 0.6 is 34.5 Å². The summed E-state index contributed by atoms with van der Waals surface area (Å²) >= 11 is 13.4. The van der Waals surface area contributed by atoms with Crippen LogP contribution < -0.4 is 14.4 Å². The molecule has 6 nitrogen and oxygen atoms in total. The van der Waals surface area contributed by atoms with E-state index in [1.807, 2.05) is 0 Å². The van der Waals surface area contributed by atoms with Gasteiger partial charge in [0, 0.05) is 16.8 Å². The summed E-state index contributed by atoms with van der Waals surface area (Å²) in [7, 11) is -0.753. The maximum absolute atomic E-state index is 13.2. The summed E-state index contributed by atoms with van der Waals surface area (Å²) < 4.78 is 33.7. The van der Waals surface area contributed by atoms with Crippen LogP contribution in [-0.2, 0) is 10.0 Å². The summed E-state index contributed by atoms with van der Waals surface area (Å²) in [4.78, 5) is 13.4. The van der Waals surface area contributed by atoms with E-state index < -0.39 is 10.0 Å². The minimum Gasteiger partial charge on any atom is -0.496 e. The number of amides is 1. The number of rotatable bonds is 6. The molecular formula is C24H20Cl2N2O4S2. The first-order valence-corrected chi connectivity index (χ1v) is 13.0. The quantitative estimate of drug-likeness (QED) is 0.302. The lowest BCUT2D eigenvalue weighted by molar-refractivity contribution is 0.103. The van der Waals surface area contributed by atoms with Gasteiger partial charge in [0.25, 0.3) is 15.9 Å². The molecule has 0 spiro atoms. The number of sulfonamides is 1. The SMILES string of the molecule is COc1ccc(S(=O)(=O)N(C)c2ccc3sc(C(=O)Nc4ccc(Cl)cc4Cl)cc3c2)cc1C. The molecule has 4 rings (SSSR count). The van der Waals surface area contributed by atoms with Gasteiger partial charge in [-0.15, -0.1) is 11.3 Å². The van der Waals surface area contributed by atoms with Crippen molar-refractivity contribution in [3.05, 3.63) is 81.1 Å². The number of carbonyl (C=O) groups is 1. The third-order valence-corrected chi connectivity index (χ3v) is 8.74. The molecule has 4 aromatic rings. The molecule has 3 aromatic carbocycles. The lowest BCUT2D eigenvalue weighted by Crippen LogP contribution is -2.26. The lowest BCUT2D eigenvalue weighted by Gasteiger charge is -2.20. The first-order valence-electron chi connectivity index (χ1n) is 10.0. The number of benzene rings is 3. The second-order valence-electron chi connectivity index (χ2n) is 7.52. The molecule has 0 aliphatic rings. The Morgan fingerprint density at radius 2 is 1.79 bits per heavy atom. The second-order valence-corrected chi connectivity index (χ2v) is 11.4. The predicted molar refractivity (Wildman–Crippen MR) is 140 cm³/mol. The van der Waals surface area contributed by atoms with Crippen molar-refractivity contribution in [3.8, 4) is 5.75 Å². The van der Waals surface area contributed by atoms with E-state index >= 15 is 0 Å². The summed E-state index contributed by atoms with van der Waals surface area (Å²) in [5.74, 6) is 0.300. The van der Waals surface area contributed by atoms with E-state index in [-0.39, 0.29) is 10.8 Å². The fourth-order valence-corrected chi connectivity index (χ4v) is 6.09. The first kappa shape index (κ1) is 24.3. The van der Waals surface area contributed by atoms with Crippen molar-refractivity contribution in [1.29, 1.82) is 0 Å². The predicted octanol–water partition coefficient (Wildman–Crippen LogP) is 6.60. The zero-order valence-electron chi connectivity index (χ0n) is 18.4. The number of hydrogen-bond acceptors (Lipinski definition) is 5. The summed E-state index contributed by atoms with van der Waals surface area (Å²) in [6, 6.07) is 16.5. The Labute approximate surface area is 211 Å². The average molecular weight is 535 g/mol. The van der Waals surface area contributed by atoms with E-state index in [9.17, 15) is 13.2 Å². The molecule has 176 valence electrons. The van der Waals surface area contributed by atoms with Gasteiger partial charge in [0.1, 0.15) is 5.75 Å². The Balaban J connectivity index is 1.61. The van der Waals surface area contributed by atoms with Crippen molar-refractivity contribution in [2.45, 2.75) is 11.8 Å². The minimum atomic E-state index is -3.79. The fourth-order valence-electron chi connectivity index (χ4n) is 3.42. The van der Waals surface area contributed by atoms with Crippen LogP contribution in [0.15, 0.2) is 65.6 Å². The van der Waals surface area contributed by atoms with Crippen molar-refractivity contribution in [2.75, 3.05) is 23.8 Å². The molecule has 0 aliphatic carbocycles. The highest BCUT2D eigenvalue weighted by Crippen LogP contribution is 2.33. The zero-order valence-corrected chi connectivity index (χ0v) is 21.6. The summed E-state index contributed by atoms with van der Waals surface area (Å²) in [6.07, 6.45) is 0. The normalized spacial score (nSPS) is 11.4. The van der Waals surface area contributed by atoms with Crippen molar-refractivity contribution in [2.24, 2.45) is 0 Å². The molecular weight excluding hydrogens is 515 g/mol. The van der Waals surface area contributed by atoms with Crippen LogP contribution in [0.5, 0.6) is 5.75 Å². The van der Waals surface area contributed by atoms with Crippen LogP contribution in [0.4, 0.5) is 11.4 Å². The molecule has 0 radical (unpaired) electrons. The summed E-state index contributed by atoms with van der Waals surface area (Å²) in [5.41, 5.74) is 1.66. The van der Waals surface area contributed by atoms with E-state index in [4.69, 9.17) is 27.9 Å². The molecule has 1 aromatic heterocycles. The summed E-state index contributed by atoms with van der Waals surface area (Å²) in [5, 5.41) is 4.34. The summed E-state index contributed by atoms with van der Waals surface area (Å²) in [6.45, 7) is 1.79. The molecule has 0 fully saturated rings. The zero-order chi connectivity index (χ0) is 24.6. The smallest absolute Gasteiger partial charge is 0.265 e. The third kappa shape index (κ3) is 4.72. The van der Waals surface area contributed by atoms with Crippen LogP contribution in [0, 0.1) is 6.92 Å². The van der Waals surface area contributed by atoms with Gasteiger partial charge in [0.05, 0.1) is 33.3 Å². The third-order valence-electron chi connectivity index (χ3n) is 5.29. The molecule has 0 saturated carbocycles. The van der Waals surface area contributed by atoms with Crippen LogP contribution in [0.25, 0.3) is 10.1 Å². The number of nitrogens with one attached hydrogen (secondary N) is 1. The van der Waals surface area contributed by atoms with Crippen LogP contribution in [-0.4, -0.2) is 28.5 Å². The number of nitrogens with zero attached hydrogens (tertiary/aromatic N) is 1. The molecule has 0 saturated heterocycles. The standard InChI is InChI=1S/C24H20Cl2N2O4S2/c1-14-10-18(6-8-21(14)32-3)34(30,31)28(2)17-5-9-22-15(11-17)12-23(33-22)24(29)27-20-7-4-16(25)13-19(20)26/h4-13H,1-3H3,(H,27,29). The Bertz CT molecular complexity index is 1520. The van der Waals surface area contributed by atoms with Crippen molar-refractivity contribution in [3.63, 3.8) is 0 Å².